The van der Waals surface area contributed by atoms with Gasteiger partial charge in [-0.05, 0) is 24.0 Å². The molecule has 0 aliphatic carbocycles. The molecule has 0 aromatic rings. The number of unbranched alkanes of at least 4 members (excludes halogenated alkanes) is 7. The van der Waals surface area contributed by atoms with Crippen molar-refractivity contribution in [3.8, 4) is 0 Å². The van der Waals surface area contributed by atoms with Crippen LogP contribution in [0.1, 0.15) is 85.0 Å². The Hall–Kier alpha value is 0.310. The van der Waals surface area contributed by atoms with E-state index in [0.29, 0.717) is 5.41 Å². The quantitative estimate of drug-likeness (QED) is 0.572. The van der Waals surface area contributed by atoms with E-state index in [1.165, 1.54) is 57.1 Å². The normalized spacial score (nSPS) is 26.5. The Morgan fingerprint density at radius 2 is 1.47 bits per heavy atom. The highest BCUT2D eigenvalue weighted by Gasteiger charge is 2.38. The van der Waals surface area contributed by atoms with Crippen molar-refractivity contribution in [1.29, 1.82) is 0 Å². The second-order valence-electron chi connectivity index (χ2n) is 7.28. The zero-order valence-electron chi connectivity index (χ0n) is 13.3. The molecule has 0 amide bonds. The van der Waals surface area contributed by atoms with E-state index in [-0.39, 0.29) is 5.60 Å². The van der Waals surface area contributed by atoms with E-state index >= 15 is 0 Å². The molecule has 1 heterocycles. The summed E-state index contributed by atoms with van der Waals surface area (Å²) in [4.78, 5) is 0. The summed E-state index contributed by atoms with van der Waals surface area (Å²) in [5.41, 5.74) is -0.0630. The highest BCUT2D eigenvalue weighted by atomic mass is 32.2. The average molecular weight is 287 g/mol. The fourth-order valence-corrected chi connectivity index (χ4v) is 4.64. The van der Waals surface area contributed by atoms with Crippen LogP contribution in [-0.2, 0) is 0 Å². The van der Waals surface area contributed by atoms with Gasteiger partial charge in [-0.25, -0.2) is 0 Å². The molecular weight excluding hydrogens is 252 g/mol. The maximum absolute atomic E-state index is 10.7. The molecule has 0 radical (unpaired) electrons. The first-order valence-electron chi connectivity index (χ1n) is 8.28. The first kappa shape index (κ1) is 17.4. The van der Waals surface area contributed by atoms with Crippen molar-refractivity contribution in [2.45, 2.75) is 90.6 Å². The van der Waals surface area contributed by atoms with E-state index in [1.54, 1.807) is 0 Å². The standard InChI is InChI=1S/C17H34OS/c1-4-5-6-7-8-9-10-11-12-17(18)13-16(2,3)14-19-15-17/h18H,4-15H2,1-3H3. The van der Waals surface area contributed by atoms with E-state index in [9.17, 15) is 5.11 Å². The van der Waals surface area contributed by atoms with E-state index in [2.05, 4.69) is 20.8 Å². The Bertz CT molecular complexity index is 239. The lowest BCUT2D eigenvalue weighted by Gasteiger charge is -2.41. The third-order valence-corrected chi connectivity index (χ3v) is 5.89. The van der Waals surface area contributed by atoms with Crippen LogP contribution < -0.4 is 0 Å². The van der Waals surface area contributed by atoms with Crippen LogP contribution in [0.4, 0.5) is 0 Å². The lowest BCUT2D eigenvalue weighted by Crippen LogP contribution is -2.42. The molecule has 114 valence electrons. The summed E-state index contributed by atoms with van der Waals surface area (Å²) in [6.45, 7) is 6.85. The maximum atomic E-state index is 10.7. The molecule has 1 atom stereocenters. The Morgan fingerprint density at radius 1 is 0.895 bits per heavy atom. The molecular formula is C17H34OS. The van der Waals surface area contributed by atoms with Crippen LogP contribution in [0.2, 0.25) is 0 Å². The van der Waals surface area contributed by atoms with Crippen molar-refractivity contribution in [2.24, 2.45) is 5.41 Å². The maximum Gasteiger partial charge on any atom is 0.0743 e. The summed E-state index contributed by atoms with van der Waals surface area (Å²) in [5.74, 6) is 2.15. The molecule has 0 aromatic carbocycles. The summed E-state index contributed by atoms with van der Waals surface area (Å²) in [6.07, 6.45) is 12.8. The van der Waals surface area contributed by atoms with Gasteiger partial charge in [0.1, 0.15) is 0 Å². The molecule has 0 spiro atoms. The van der Waals surface area contributed by atoms with Gasteiger partial charge in [-0.15, -0.1) is 0 Å². The minimum absolute atomic E-state index is 0.317. The lowest BCUT2D eigenvalue weighted by atomic mass is 9.79. The predicted molar refractivity (Wildman–Crippen MR) is 87.9 cm³/mol. The Labute approximate surface area is 124 Å². The molecule has 19 heavy (non-hydrogen) atoms. The van der Waals surface area contributed by atoms with E-state index in [4.69, 9.17) is 0 Å². The minimum atomic E-state index is -0.380. The number of aliphatic hydroxyl groups is 1. The van der Waals surface area contributed by atoms with Gasteiger partial charge in [-0.2, -0.15) is 11.8 Å². The SMILES string of the molecule is CCCCCCCCCCC1(O)CSCC(C)(C)C1. The van der Waals surface area contributed by atoms with Gasteiger partial charge in [0, 0.05) is 5.75 Å². The third-order valence-electron chi connectivity index (χ3n) is 4.17. The second-order valence-corrected chi connectivity index (χ2v) is 8.27. The smallest absolute Gasteiger partial charge is 0.0743 e. The van der Waals surface area contributed by atoms with Crippen molar-refractivity contribution in [3.05, 3.63) is 0 Å². The van der Waals surface area contributed by atoms with Gasteiger partial charge >= 0.3 is 0 Å². The van der Waals surface area contributed by atoms with Crippen LogP contribution in [0.3, 0.4) is 0 Å². The Kier molecular flexibility index (Phi) is 7.83. The molecule has 0 saturated carbocycles. The fraction of sp³-hybridized carbons (Fsp3) is 1.00. The van der Waals surface area contributed by atoms with Crippen molar-refractivity contribution < 1.29 is 5.11 Å². The number of thioether (sulfide) groups is 1. The van der Waals surface area contributed by atoms with Crippen molar-refractivity contribution in [2.75, 3.05) is 11.5 Å². The van der Waals surface area contributed by atoms with Crippen LogP contribution in [0.25, 0.3) is 0 Å². The van der Waals surface area contributed by atoms with Gasteiger partial charge in [0.25, 0.3) is 0 Å². The van der Waals surface area contributed by atoms with Crippen molar-refractivity contribution in [3.63, 3.8) is 0 Å². The van der Waals surface area contributed by atoms with Crippen molar-refractivity contribution in [1.82, 2.24) is 0 Å². The number of rotatable bonds is 9. The summed E-state index contributed by atoms with van der Waals surface area (Å²) in [7, 11) is 0. The van der Waals surface area contributed by atoms with Crippen LogP contribution >= 0.6 is 11.8 Å². The zero-order chi connectivity index (χ0) is 14.2. The highest BCUT2D eigenvalue weighted by Crippen LogP contribution is 2.41. The van der Waals surface area contributed by atoms with Gasteiger partial charge in [0.05, 0.1) is 5.60 Å². The van der Waals surface area contributed by atoms with Gasteiger partial charge in [-0.1, -0.05) is 72.1 Å². The summed E-state index contributed by atoms with van der Waals surface area (Å²) in [5, 5.41) is 10.7. The first-order chi connectivity index (χ1) is 8.97. The molecule has 1 fully saturated rings. The van der Waals surface area contributed by atoms with E-state index in [1.807, 2.05) is 11.8 Å². The minimum Gasteiger partial charge on any atom is -0.389 e. The molecule has 1 nitrogen and oxygen atoms in total. The predicted octanol–water partition coefficient (Wildman–Crippen LogP) is 5.41. The largest absolute Gasteiger partial charge is 0.389 e. The molecule has 0 aromatic heterocycles. The van der Waals surface area contributed by atoms with Crippen molar-refractivity contribution >= 4 is 11.8 Å². The Morgan fingerprint density at radius 3 is 2.05 bits per heavy atom. The second kappa shape index (κ2) is 8.56. The topological polar surface area (TPSA) is 20.2 Å². The molecule has 0 bridgehead atoms. The first-order valence-corrected chi connectivity index (χ1v) is 9.43. The van der Waals surface area contributed by atoms with Gasteiger partial charge in [0.2, 0.25) is 0 Å². The fourth-order valence-electron chi connectivity index (χ4n) is 3.26. The van der Waals surface area contributed by atoms with E-state index in [0.717, 1.165) is 18.6 Å². The van der Waals surface area contributed by atoms with Gasteiger partial charge < -0.3 is 5.11 Å². The zero-order valence-corrected chi connectivity index (χ0v) is 14.2. The summed E-state index contributed by atoms with van der Waals surface area (Å²) >= 11 is 1.94. The van der Waals surface area contributed by atoms with Crippen LogP contribution in [-0.4, -0.2) is 22.2 Å². The highest BCUT2D eigenvalue weighted by molar-refractivity contribution is 7.99. The molecule has 1 saturated heterocycles. The number of hydrogen-bond acceptors (Lipinski definition) is 2. The van der Waals surface area contributed by atoms with Gasteiger partial charge in [0.15, 0.2) is 0 Å². The third kappa shape index (κ3) is 7.60. The molecule has 1 unspecified atom stereocenters. The molecule has 1 aliphatic heterocycles. The lowest BCUT2D eigenvalue weighted by molar-refractivity contribution is 0.00974. The summed E-state index contributed by atoms with van der Waals surface area (Å²) < 4.78 is 0. The average Bonchev–Trinajstić information content (AvgIpc) is 2.31. The summed E-state index contributed by atoms with van der Waals surface area (Å²) in [6, 6.07) is 0. The molecule has 1 rings (SSSR count). The molecule has 1 aliphatic rings. The molecule has 2 heteroatoms. The van der Waals surface area contributed by atoms with E-state index < -0.39 is 0 Å². The van der Waals surface area contributed by atoms with Crippen LogP contribution in [0.15, 0.2) is 0 Å². The Balaban J connectivity index is 2.05. The van der Waals surface area contributed by atoms with Crippen LogP contribution in [0, 0.1) is 5.41 Å². The molecule has 1 N–H and O–H groups in total. The van der Waals surface area contributed by atoms with Gasteiger partial charge in [-0.3, -0.25) is 0 Å². The van der Waals surface area contributed by atoms with Crippen LogP contribution in [0.5, 0.6) is 0 Å². The number of hydrogen-bond donors (Lipinski definition) is 1. The monoisotopic (exact) mass is 286 g/mol.